The van der Waals surface area contributed by atoms with Crippen LogP contribution in [-0.4, -0.2) is 58.1 Å². The number of nitrogens with zero attached hydrogens (tertiary/aromatic N) is 5. The quantitative estimate of drug-likeness (QED) is 0.412. The number of primary amides is 1. The van der Waals surface area contributed by atoms with Gasteiger partial charge in [-0.2, -0.15) is 4.98 Å². The van der Waals surface area contributed by atoms with E-state index in [0.29, 0.717) is 16.5 Å². The predicted octanol–water partition coefficient (Wildman–Crippen LogP) is 3.93. The topological polar surface area (TPSA) is 92.3 Å². The molecule has 0 bridgehead atoms. The summed E-state index contributed by atoms with van der Waals surface area (Å²) in [7, 11) is 0. The fourth-order valence-corrected chi connectivity index (χ4v) is 4.90. The van der Waals surface area contributed by atoms with Crippen LogP contribution in [-0.2, 0) is 0 Å². The average Bonchev–Trinajstić information content (AvgIpc) is 3.62. The largest absolute Gasteiger partial charge is 0.369 e. The normalized spacial score (nSPS) is 16.4. The number of aromatic nitrogens is 3. The molecular weight excluding hydrogens is 457 g/mol. The van der Waals surface area contributed by atoms with Gasteiger partial charge in [-0.1, -0.05) is 24.3 Å². The number of hydrogen-bond acceptors (Lipinski definition) is 6. The minimum Gasteiger partial charge on any atom is -0.369 e. The van der Waals surface area contributed by atoms with Crippen LogP contribution in [0.2, 0.25) is 0 Å². The first kappa shape index (κ1) is 22.5. The number of anilines is 3. The number of benzene rings is 2. The van der Waals surface area contributed by atoms with Crippen molar-refractivity contribution in [1.29, 1.82) is 0 Å². The minimum absolute atomic E-state index is 0.0409. The van der Waals surface area contributed by atoms with Gasteiger partial charge in [0.1, 0.15) is 0 Å². The van der Waals surface area contributed by atoms with E-state index in [9.17, 15) is 9.18 Å². The summed E-state index contributed by atoms with van der Waals surface area (Å²) in [6.07, 6.45) is 5.42. The molecule has 6 rings (SSSR count). The molecule has 2 aromatic carbocycles. The number of fused-ring (bicyclic) bond motifs is 1. The van der Waals surface area contributed by atoms with E-state index in [0.717, 1.165) is 49.7 Å². The van der Waals surface area contributed by atoms with E-state index >= 15 is 0 Å². The Balaban J connectivity index is 1.23. The molecule has 1 saturated carbocycles. The lowest BCUT2D eigenvalue weighted by Crippen LogP contribution is -2.47. The Labute approximate surface area is 208 Å². The van der Waals surface area contributed by atoms with Crippen LogP contribution in [0.15, 0.2) is 60.9 Å². The molecule has 36 heavy (non-hydrogen) atoms. The van der Waals surface area contributed by atoms with Gasteiger partial charge in [-0.3, -0.25) is 14.3 Å². The van der Waals surface area contributed by atoms with Crippen molar-refractivity contribution in [3.63, 3.8) is 0 Å². The van der Waals surface area contributed by atoms with E-state index in [1.54, 1.807) is 12.1 Å². The Morgan fingerprint density at radius 2 is 1.89 bits per heavy atom. The molecule has 1 aliphatic carbocycles. The van der Waals surface area contributed by atoms with Crippen LogP contribution >= 0.6 is 0 Å². The van der Waals surface area contributed by atoms with E-state index in [-0.39, 0.29) is 11.8 Å². The van der Waals surface area contributed by atoms with Crippen LogP contribution in [0.25, 0.3) is 16.7 Å². The molecule has 3 N–H and O–H groups in total. The van der Waals surface area contributed by atoms with Gasteiger partial charge in [0.15, 0.2) is 11.6 Å². The monoisotopic (exact) mass is 485 g/mol. The highest BCUT2D eigenvalue weighted by Gasteiger charge is 2.26. The molecule has 0 atom stereocenters. The molecular formula is C27H28FN7O. The van der Waals surface area contributed by atoms with Gasteiger partial charge in [0, 0.05) is 55.7 Å². The highest BCUT2D eigenvalue weighted by molar-refractivity contribution is 6.06. The number of para-hydroxylation sites is 1. The van der Waals surface area contributed by atoms with Gasteiger partial charge < -0.3 is 16.0 Å². The zero-order valence-electron chi connectivity index (χ0n) is 19.9. The van der Waals surface area contributed by atoms with Gasteiger partial charge in [0.05, 0.1) is 17.3 Å². The number of amides is 1. The van der Waals surface area contributed by atoms with Crippen molar-refractivity contribution in [2.45, 2.75) is 12.8 Å². The second-order valence-electron chi connectivity index (χ2n) is 9.57. The highest BCUT2D eigenvalue weighted by Crippen LogP contribution is 2.31. The third kappa shape index (κ3) is 4.49. The van der Waals surface area contributed by atoms with Crippen LogP contribution in [0, 0.1) is 11.7 Å². The zero-order chi connectivity index (χ0) is 24.6. The lowest BCUT2D eigenvalue weighted by molar-refractivity contribution is 0.100. The SMILES string of the molecule is NC(=O)c1cn(-c2nc(Nc3cccc(N4CCN(CC5CC5)CC4)c3)ncc2F)c2ccccc12. The summed E-state index contributed by atoms with van der Waals surface area (Å²) in [5, 5.41) is 3.85. The molecule has 2 fully saturated rings. The number of carbonyl (C=O) groups is 1. The molecule has 2 aliphatic rings. The molecule has 0 unspecified atom stereocenters. The molecule has 3 heterocycles. The van der Waals surface area contributed by atoms with E-state index in [1.165, 1.54) is 30.2 Å². The fraction of sp³-hybridized carbons (Fsp3) is 0.296. The van der Waals surface area contributed by atoms with Gasteiger partial charge in [0.25, 0.3) is 5.91 Å². The van der Waals surface area contributed by atoms with E-state index < -0.39 is 11.7 Å². The lowest BCUT2D eigenvalue weighted by atomic mass is 10.2. The third-order valence-corrected chi connectivity index (χ3v) is 6.98. The maximum Gasteiger partial charge on any atom is 0.250 e. The van der Waals surface area contributed by atoms with Crippen LogP contribution in [0.3, 0.4) is 0 Å². The number of hydrogen-bond donors (Lipinski definition) is 2. The molecule has 0 spiro atoms. The van der Waals surface area contributed by atoms with Crippen molar-refractivity contribution >= 4 is 34.1 Å². The van der Waals surface area contributed by atoms with Gasteiger partial charge in [-0.05, 0) is 43.0 Å². The van der Waals surface area contributed by atoms with Crippen molar-refractivity contribution in [1.82, 2.24) is 19.4 Å². The molecule has 1 saturated heterocycles. The van der Waals surface area contributed by atoms with Gasteiger partial charge in [-0.15, -0.1) is 0 Å². The van der Waals surface area contributed by atoms with Gasteiger partial charge in [-0.25, -0.2) is 9.37 Å². The lowest BCUT2D eigenvalue weighted by Gasteiger charge is -2.36. The number of rotatable bonds is 7. The van der Waals surface area contributed by atoms with Crippen LogP contribution in [0.1, 0.15) is 23.2 Å². The Hall–Kier alpha value is -3.98. The van der Waals surface area contributed by atoms with Crippen molar-refractivity contribution in [3.8, 4) is 5.82 Å². The maximum absolute atomic E-state index is 14.9. The number of carbonyl (C=O) groups excluding carboxylic acids is 1. The molecule has 1 aliphatic heterocycles. The van der Waals surface area contributed by atoms with E-state index in [1.807, 2.05) is 24.3 Å². The van der Waals surface area contributed by atoms with Crippen molar-refractivity contribution in [2.75, 3.05) is 42.9 Å². The molecule has 1 amide bonds. The summed E-state index contributed by atoms with van der Waals surface area (Å²) < 4.78 is 16.4. The number of nitrogens with two attached hydrogens (primary N) is 1. The Morgan fingerprint density at radius 1 is 1.08 bits per heavy atom. The van der Waals surface area contributed by atoms with Crippen LogP contribution < -0.4 is 16.0 Å². The number of nitrogens with one attached hydrogen (secondary N) is 1. The Morgan fingerprint density at radius 3 is 2.67 bits per heavy atom. The van der Waals surface area contributed by atoms with Crippen molar-refractivity contribution in [3.05, 3.63) is 72.3 Å². The second kappa shape index (κ2) is 9.23. The summed E-state index contributed by atoms with van der Waals surface area (Å²) in [6.45, 7) is 5.39. The van der Waals surface area contributed by atoms with Gasteiger partial charge >= 0.3 is 0 Å². The summed E-state index contributed by atoms with van der Waals surface area (Å²) in [4.78, 5) is 25.5. The zero-order valence-corrected chi connectivity index (χ0v) is 19.9. The molecule has 9 heteroatoms. The third-order valence-electron chi connectivity index (χ3n) is 6.98. The standard InChI is InChI=1S/C27H28FN7O/c28-23-15-30-27(32-26(23)35-17-22(25(29)36)21-6-1-2-7-24(21)35)31-19-4-3-5-20(14-19)34-12-10-33(11-13-34)16-18-8-9-18/h1-7,14-15,17-18H,8-13,16H2,(H2,29,36)(H,30,31,32). The smallest absolute Gasteiger partial charge is 0.250 e. The highest BCUT2D eigenvalue weighted by atomic mass is 19.1. The summed E-state index contributed by atoms with van der Waals surface area (Å²) >= 11 is 0. The first-order chi connectivity index (χ1) is 17.5. The van der Waals surface area contributed by atoms with Gasteiger partial charge in [0.2, 0.25) is 5.95 Å². The Kier molecular flexibility index (Phi) is 5.77. The minimum atomic E-state index is -0.602. The van der Waals surface area contributed by atoms with Crippen molar-refractivity contribution in [2.24, 2.45) is 11.7 Å². The predicted molar refractivity (Wildman–Crippen MR) is 138 cm³/mol. The Bertz CT molecular complexity index is 1420. The average molecular weight is 486 g/mol. The summed E-state index contributed by atoms with van der Waals surface area (Å²) in [6, 6.07) is 15.3. The first-order valence-electron chi connectivity index (χ1n) is 12.3. The molecule has 184 valence electrons. The fourth-order valence-electron chi connectivity index (χ4n) is 4.90. The number of halogens is 1. The summed E-state index contributed by atoms with van der Waals surface area (Å²) in [5.41, 5.74) is 8.45. The maximum atomic E-state index is 14.9. The van der Waals surface area contributed by atoms with Crippen LogP contribution in [0.5, 0.6) is 0 Å². The first-order valence-corrected chi connectivity index (χ1v) is 12.3. The van der Waals surface area contributed by atoms with E-state index in [4.69, 9.17) is 5.73 Å². The van der Waals surface area contributed by atoms with Crippen molar-refractivity contribution < 1.29 is 9.18 Å². The van der Waals surface area contributed by atoms with Crippen LogP contribution in [0.4, 0.5) is 21.7 Å². The number of piperazine rings is 1. The van der Waals surface area contributed by atoms with E-state index in [2.05, 4.69) is 37.2 Å². The molecule has 2 aromatic heterocycles. The molecule has 8 nitrogen and oxygen atoms in total. The molecule has 4 aromatic rings. The molecule has 0 radical (unpaired) electrons. The summed E-state index contributed by atoms with van der Waals surface area (Å²) in [5.74, 6) is 0.0324. The second-order valence-corrected chi connectivity index (χ2v) is 9.57.